The molecular weight excluding hydrogens is 242 g/mol. The molecular formula is C11H16ClN3S. The SMILES string of the molecule is CC(CCCl)CNCc1cn2ccsc2n1. The van der Waals surface area contributed by atoms with Gasteiger partial charge >= 0.3 is 0 Å². The van der Waals surface area contributed by atoms with Gasteiger partial charge in [-0.1, -0.05) is 6.92 Å². The summed E-state index contributed by atoms with van der Waals surface area (Å²) in [7, 11) is 0. The Hall–Kier alpha value is -0.580. The van der Waals surface area contributed by atoms with Crippen molar-refractivity contribution < 1.29 is 0 Å². The van der Waals surface area contributed by atoms with E-state index in [1.165, 1.54) is 0 Å². The summed E-state index contributed by atoms with van der Waals surface area (Å²) in [6.07, 6.45) is 5.17. The average molecular weight is 258 g/mol. The lowest BCUT2D eigenvalue weighted by molar-refractivity contribution is 0.500. The molecule has 0 saturated heterocycles. The van der Waals surface area contributed by atoms with Gasteiger partial charge in [0.1, 0.15) is 0 Å². The average Bonchev–Trinajstić information content (AvgIpc) is 2.78. The summed E-state index contributed by atoms with van der Waals surface area (Å²) in [5, 5.41) is 5.45. The molecule has 16 heavy (non-hydrogen) atoms. The molecule has 3 nitrogen and oxygen atoms in total. The fourth-order valence-electron chi connectivity index (χ4n) is 1.60. The van der Waals surface area contributed by atoms with Gasteiger partial charge in [0.15, 0.2) is 4.96 Å². The normalized spacial score (nSPS) is 13.4. The number of halogens is 1. The van der Waals surface area contributed by atoms with Crippen molar-refractivity contribution in [2.24, 2.45) is 5.92 Å². The van der Waals surface area contributed by atoms with Gasteiger partial charge in [0.05, 0.1) is 5.69 Å². The summed E-state index contributed by atoms with van der Waals surface area (Å²) >= 11 is 7.35. The van der Waals surface area contributed by atoms with Gasteiger partial charge in [0, 0.05) is 30.2 Å². The lowest BCUT2D eigenvalue weighted by Crippen LogP contribution is -2.21. The molecule has 1 atom stereocenters. The van der Waals surface area contributed by atoms with Crippen LogP contribution in [0.25, 0.3) is 4.96 Å². The highest BCUT2D eigenvalue weighted by Crippen LogP contribution is 2.11. The van der Waals surface area contributed by atoms with Crippen LogP contribution in [0.2, 0.25) is 0 Å². The van der Waals surface area contributed by atoms with Crippen LogP contribution in [0, 0.1) is 5.92 Å². The molecule has 2 aromatic heterocycles. The first-order valence-electron chi connectivity index (χ1n) is 5.47. The van der Waals surface area contributed by atoms with E-state index in [-0.39, 0.29) is 0 Å². The predicted molar refractivity (Wildman–Crippen MR) is 69.3 cm³/mol. The molecule has 2 aromatic rings. The summed E-state index contributed by atoms with van der Waals surface area (Å²) in [6, 6.07) is 0. The summed E-state index contributed by atoms with van der Waals surface area (Å²) in [6.45, 7) is 4.04. The molecule has 2 heterocycles. The van der Waals surface area contributed by atoms with Crippen LogP contribution in [0.5, 0.6) is 0 Å². The Labute approximate surface area is 104 Å². The summed E-state index contributed by atoms with van der Waals surface area (Å²) in [5.74, 6) is 1.37. The highest BCUT2D eigenvalue weighted by Gasteiger charge is 2.03. The van der Waals surface area contributed by atoms with Crippen molar-refractivity contribution in [3.8, 4) is 0 Å². The van der Waals surface area contributed by atoms with Crippen LogP contribution >= 0.6 is 22.9 Å². The molecule has 2 rings (SSSR count). The van der Waals surface area contributed by atoms with Crippen LogP contribution in [-0.2, 0) is 6.54 Å². The second-order valence-corrected chi connectivity index (χ2v) is 5.29. The second-order valence-electron chi connectivity index (χ2n) is 4.04. The zero-order chi connectivity index (χ0) is 11.4. The third kappa shape index (κ3) is 2.97. The van der Waals surface area contributed by atoms with Crippen LogP contribution in [0.3, 0.4) is 0 Å². The molecule has 1 unspecified atom stereocenters. The molecule has 1 N–H and O–H groups in total. The molecule has 0 aliphatic heterocycles. The largest absolute Gasteiger partial charge is 0.311 e. The maximum atomic E-state index is 5.69. The Morgan fingerprint density at radius 3 is 3.25 bits per heavy atom. The summed E-state index contributed by atoms with van der Waals surface area (Å²) in [4.78, 5) is 5.57. The smallest absolute Gasteiger partial charge is 0.193 e. The number of hydrogen-bond donors (Lipinski definition) is 1. The summed E-state index contributed by atoms with van der Waals surface area (Å²) in [5.41, 5.74) is 1.10. The Morgan fingerprint density at radius 2 is 2.50 bits per heavy atom. The van der Waals surface area contributed by atoms with Gasteiger partial charge in [0.25, 0.3) is 0 Å². The lowest BCUT2D eigenvalue weighted by Gasteiger charge is -2.09. The topological polar surface area (TPSA) is 29.3 Å². The maximum Gasteiger partial charge on any atom is 0.193 e. The van der Waals surface area contributed by atoms with Crippen LogP contribution in [0.1, 0.15) is 19.0 Å². The Balaban J connectivity index is 1.80. The first-order chi connectivity index (χ1) is 7.79. The van der Waals surface area contributed by atoms with Gasteiger partial charge in [-0.25, -0.2) is 4.98 Å². The predicted octanol–water partition coefficient (Wildman–Crippen LogP) is 2.75. The van der Waals surface area contributed by atoms with Crippen LogP contribution in [-0.4, -0.2) is 21.8 Å². The zero-order valence-corrected chi connectivity index (χ0v) is 10.9. The number of imidazole rings is 1. The third-order valence-electron chi connectivity index (χ3n) is 2.54. The summed E-state index contributed by atoms with van der Waals surface area (Å²) < 4.78 is 2.06. The van der Waals surface area contributed by atoms with Gasteiger partial charge in [-0.3, -0.25) is 4.40 Å². The van der Waals surface area contributed by atoms with E-state index in [4.69, 9.17) is 11.6 Å². The number of alkyl halides is 1. The van der Waals surface area contributed by atoms with E-state index < -0.39 is 0 Å². The number of aromatic nitrogens is 2. The van der Waals surface area contributed by atoms with Crippen molar-refractivity contribution >= 4 is 27.9 Å². The van der Waals surface area contributed by atoms with E-state index in [0.717, 1.165) is 36.0 Å². The van der Waals surface area contributed by atoms with Crippen LogP contribution < -0.4 is 5.32 Å². The Morgan fingerprint density at radius 1 is 1.62 bits per heavy atom. The molecule has 0 fully saturated rings. The van der Waals surface area contributed by atoms with E-state index in [1.54, 1.807) is 11.3 Å². The zero-order valence-electron chi connectivity index (χ0n) is 9.32. The quantitative estimate of drug-likeness (QED) is 0.807. The monoisotopic (exact) mass is 257 g/mol. The van der Waals surface area contributed by atoms with Crippen molar-refractivity contribution in [1.29, 1.82) is 0 Å². The number of hydrogen-bond acceptors (Lipinski definition) is 3. The van der Waals surface area contributed by atoms with Gasteiger partial charge in [-0.2, -0.15) is 0 Å². The first kappa shape index (κ1) is 11.9. The standard InChI is InChI=1S/C11H16ClN3S/c1-9(2-3-12)6-13-7-10-8-15-4-5-16-11(15)14-10/h4-5,8-9,13H,2-3,6-7H2,1H3. The van der Waals surface area contributed by atoms with Crippen molar-refractivity contribution in [1.82, 2.24) is 14.7 Å². The second kappa shape index (κ2) is 5.66. The highest BCUT2D eigenvalue weighted by atomic mass is 35.5. The third-order valence-corrected chi connectivity index (χ3v) is 3.53. The van der Waals surface area contributed by atoms with E-state index in [1.807, 2.05) is 11.6 Å². The van der Waals surface area contributed by atoms with Crippen LogP contribution in [0.15, 0.2) is 17.8 Å². The van der Waals surface area contributed by atoms with E-state index >= 15 is 0 Å². The molecule has 0 spiro atoms. The Bertz CT molecular complexity index is 409. The van der Waals surface area contributed by atoms with E-state index in [9.17, 15) is 0 Å². The van der Waals surface area contributed by atoms with Crippen molar-refractivity contribution in [3.05, 3.63) is 23.5 Å². The molecule has 0 aliphatic rings. The fraction of sp³-hybridized carbons (Fsp3) is 0.545. The molecule has 0 amide bonds. The molecule has 5 heteroatoms. The number of thiazole rings is 1. The minimum absolute atomic E-state index is 0.626. The molecule has 0 radical (unpaired) electrons. The highest BCUT2D eigenvalue weighted by molar-refractivity contribution is 7.15. The molecule has 0 aliphatic carbocycles. The number of fused-ring (bicyclic) bond motifs is 1. The minimum Gasteiger partial charge on any atom is -0.311 e. The van der Waals surface area contributed by atoms with Gasteiger partial charge in [-0.15, -0.1) is 22.9 Å². The first-order valence-corrected chi connectivity index (χ1v) is 6.88. The molecule has 0 saturated carbocycles. The molecule has 0 aromatic carbocycles. The van der Waals surface area contributed by atoms with Gasteiger partial charge in [-0.05, 0) is 18.9 Å². The lowest BCUT2D eigenvalue weighted by atomic mass is 10.1. The van der Waals surface area contributed by atoms with E-state index in [2.05, 4.69) is 27.8 Å². The van der Waals surface area contributed by atoms with E-state index in [0.29, 0.717) is 5.92 Å². The molecule has 0 bridgehead atoms. The number of nitrogens with zero attached hydrogens (tertiary/aromatic N) is 2. The fourth-order valence-corrected chi connectivity index (χ4v) is 2.69. The van der Waals surface area contributed by atoms with Gasteiger partial charge < -0.3 is 5.32 Å². The number of rotatable bonds is 6. The van der Waals surface area contributed by atoms with Crippen LogP contribution in [0.4, 0.5) is 0 Å². The van der Waals surface area contributed by atoms with Crippen molar-refractivity contribution in [2.75, 3.05) is 12.4 Å². The maximum absolute atomic E-state index is 5.69. The Kier molecular flexibility index (Phi) is 4.21. The van der Waals surface area contributed by atoms with Crippen molar-refractivity contribution in [3.63, 3.8) is 0 Å². The van der Waals surface area contributed by atoms with Gasteiger partial charge in [0.2, 0.25) is 0 Å². The minimum atomic E-state index is 0.626. The number of nitrogens with one attached hydrogen (secondary N) is 1. The molecule has 88 valence electrons. The van der Waals surface area contributed by atoms with Crippen molar-refractivity contribution in [2.45, 2.75) is 19.9 Å².